The molecule has 6 nitrogen and oxygen atoms in total. The summed E-state index contributed by atoms with van der Waals surface area (Å²) >= 11 is 1.26. The summed E-state index contributed by atoms with van der Waals surface area (Å²) in [5, 5.41) is 10.6. The zero-order chi connectivity index (χ0) is 14.8. The van der Waals surface area contributed by atoms with Crippen LogP contribution in [0.1, 0.15) is 12.0 Å². The van der Waals surface area contributed by atoms with Gasteiger partial charge in [-0.05, 0) is 18.6 Å². The SMILES string of the molecule is Cc1ccccc1N1C[C@@H](C(=O)Nc2nncs2)CC1=O. The molecule has 2 amide bonds. The van der Waals surface area contributed by atoms with Gasteiger partial charge in [-0.25, -0.2) is 0 Å². The number of hydrogen-bond acceptors (Lipinski definition) is 5. The van der Waals surface area contributed by atoms with Crippen LogP contribution >= 0.6 is 11.3 Å². The largest absolute Gasteiger partial charge is 0.311 e. The van der Waals surface area contributed by atoms with E-state index >= 15 is 0 Å². The van der Waals surface area contributed by atoms with Crippen LogP contribution in [0.3, 0.4) is 0 Å². The smallest absolute Gasteiger partial charge is 0.231 e. The summed E-state index contributed by atoms with van der Waals surface area (Å²) in [6.45, 7) is 2.35. The van der Waals surface area contributed by atoms with Gasteiger partial charge >= 0.3 is 0 Å². The fourth-order valence-corrected chi connectivity index (χ4v) is 2.87. The molecule has 0 spiro atoms. The van der Waals surface area contributed by atoms with Gasteiger partial charge in [0.2, 0.25) is 16.9 Å². The molecule has 0 aliphatic carbocycles. The molecule has 0 unspecified atom stereocenters. The predicted octanol–water partition coefficient (Wildman–Crippen LogP) is 1.84. The van der Waals surface area contributed by atoms with Gasteiger partial charge in [-0.2, -0.15) is 0 Å². The predicted molar refractivity (Wildman–Crippen MR) is 80.2 cm³/mol. The Balaban J connectivity index is 1.73. The molecular formula is C14H14N4O2S. The van der Waals surface area contributed by atoms with Crippen LogP contribution in [0, 0.1) is 12.8 Å². The molecule has 0 radical (unpaired) electrons. The van der Waals surface area contributed by atoms with E-state index in [-0.39, 0.29) is 24.2 Å². The number of anilines is 2. The molecular weight excluding hydrogens is 288 g/mol. The minimum atomic E-state index is -0.360. The van der Waals surface area contributed by atoms with Crippen molar-refractivity contribution in [3.05, 3.63) is 35.3 Å². The van der Waals surface area contributed by atoms with Crippen LogP contribution in [0.5, 0.6) is 0 Å². The van der Waals surface area contributed by atoms with Crippen molar-refractivity contribution in [2.45, 2.75) is 13.3 Å². The van der Waals surface area contributed by atoms with Crippen molar-refractivity contribution < 1.29 is 9.59 Å². The third-order valence-electron chi connectivity index (χ3n) is 3.49. The third kappa shape index (κ3) is 2.78. The lowest BCUT2D eigenvalue weighted by atomic mass is 10.1. The Morgan fingerprint density at radius 1 is 1.43 bits per heavy atom. The summed E-state index contributed by atoms with van der Waals surface area (Å²) in [6, 6.07) is 7.68. The zero-order valence-electron chi connectivity index (χ0n) is 11.4. The van der Waals surface area contributed by atoms with Crippen molar-refractivity contribution in [1.29, 1.82) is 0 Å². The summed E-state index contributed by atoms with van der Waals surface area (Å²) in [5.41, 5.74) is 3.44. The molecule has 1 atom stereocenters. The molecule has 1 saturated heterocycles. The minimum absolute atomic E-state index is 0.0262. The van der Waals surface area contributed by atoms with E-state index in [1.54, 1.807) is 10.4 Å². The quantitative estimate of drug-likeness (QED) is 0.938. The number of carbonyl (C=O) groups is 2. The first kappa shape index (κ1) is 13.7. The zero-order valence-corrected chi connectivity index (χ0v) is 12.3. The van der Waals surface area contributed by atoms with Crippen molar-refractivity contribution in [3.8, 4) is 0 Å². The van der Waals surface area contributed by atoms with E-state index < -0.39 is 0 Å². The number of carbonyl (C=O) groups excluding carboxylic acids is 2. The standard InChI is InChI=1S/C14H14N4O2S/c1-9-4-2-3-5-11(9)18-7-10(6-12(18)19)13(20)16-14-17-15-8-21-14/h2-5,8,10H,6-7H2,1H3,(H,16,17,20)/t10-/m0/s1. The number of aromatic nitrogens is 2. The van der Waals surface area contributed by atoms with Gasteiger partial charge in [-0.15, -0.1) is 10.2 Å². The van der Waals surface area contributed by atoms with Crippen LogP contribution in [0.15, 0.2) is 29.8 Å². The molecule has 2 aromatic rings. The maximum atomic E-state index is 12.2. The van der Waals surface area contributed by atoms with Crippen molar-refractivity contribution >= 4 is 34.0 Å². The first-order chi connectivity index (χ1) is 10.1. The number of aryl methyl sites for hydroxylation is 1. The highest BCUT2D eigenvalue weighted by Crippen LogP contribution is 2.28. The van der Waals surface area contributed by atoms with Gasteiger partial charge in [0.25, 0.3) is 0 Å². The van der Waals surface area contributed by atoms with Crippen molar-refractivity contribution in [3.63, 3.8) is 0 Å². The summed E-state index contributed by atoms with van der Waals surface area (Å²) in [7, 11) is 0. The first-order valence-electron chi connectivity index (χ1n) is 6.58. The fourth-order valence-electron chi connectivity index (χ4n) is 2.42. The maximum absolute atomic E-state index is 12.2. The Bertz CT molecular complexity index is 671. The van der Waals surface area contributed by atoms with Gasteiger partial charge in [0.1, 0.15) is 5.51 Å². The van der Waals surface area contributed by atoms with E-state index in [4.69, 9.17) is 0 Å². The molecule has 108 valence electrons. The van der Waals surface area contributed by atoms with E-state index in [9.17, 15) is 9.59 Å². The van der Waals surface area contributed by atoms with Crippen LogP contribution in [-0.4, -0.2) is 28.6 Å². The number of rotatable bonds is 3. The van der Waals surface area contributed by atoms with Gasteiger partial charge in [0.05, 0.1) is 5.92 Å². The monoisotopic (exact) mass is 302 g/mol. The van der Waals surface area contributed by atoms with Crippen molar-refractivity contribution in [1.82, 2.24) is 10.2 Å². The van der Waals surface area contributed by atoms with Gasteiger partial charge in [0.15, 0.2) is 0 Å². The molecule has 1 N–H and O–H groups in total. The highest BCUT2D eigenvalue weighted by atomic mass is 32.1. The van der Waals surface area contributed by atoms with Gasteiger partial charge in [-0.3, -0.25) is 9.59 Å². The normalized spacial score (nSPS) is 18.0. The Hall–Kier alpha value is -2.28. The molecule has 1 aromatic heterocycles. The van der Waals surface area contributed by atoms with Gasteiger partial charge < -0.3 is 10.2 Å². The lowest BCUT2D eigenvalue weighted by Crippen LogP contribution is -2.28. The molecule has 21 heavy (non-hydrogen) atoms. The molecule has 0 saturated carbocycles. The van der Waals surface area contributed by atoms with Gasteiger partial charge in [-0.1, -0.05) is 29.5 Å². The lowest BCUT2D eigenvalue weighted by Gasteiger charge is -2.18. The molecule has 3 rings (SSSR count). The van der Waals surface area contributed by atoms with Crippen molar-refractivity contribution in [2.24, 2.45) is 5.92 Å². The molecule has 1 aliphatic rings. The van der Waals surface area contributed by atoms with Crippen LogP contribution in [0.25, 0.3) is 0 Å². The van der Waals surface area contributed by atoms with E-state index in [0.717, 1.165) is 11.3 Å². The summed E-state index contributed by atoms with van der Waals surface area (Å²) < 4.78 is 0. The highest BCUT2D eigenvalue weighted by Gasteiger charge is 2.35. The molecule has 0 bridgehead atoms. The second kappa shape index (κ2) is 5.61. The lowest BCUT2D eigenvalue weighted by molar-refractivity contribution is -0.122. The molecule has 1 fully saturated rings. The number of benzene rings is 1. The summed E-state index contributed by atoms with van der Waals surface area (Å²) in [6.07, 6.45) is 0.221. The summed E-state index contributed by atoms with van der Waals surface area (Å²) in [4.78, 5) is 26.0. The second-order valence-electron chi connectivity index (χ2n) is 4.93. The number of amides is 2. The van der Waals surface area contributed by atoms with Crippen LogP contribution in [-0.2, 0) is 9.59 Å². The average molecular weight is 302 g/mol. The third-order valence-corrected chi connectivity index (χ3v) is 4.10. The van der Waals surface area contributed by atoms with Crippen LogP contribution < -0.4 is 10.2 Å². The van der Waals surface area contributed by atoms with Crippen molar-refractivity contribution in [2.75, 3.05) is 16.8 Å². The minimum Gasteiger partial charge on any atom is -0.311 e. The molecule has 7 heteroatoms. The number of nitrogens with zero attached hydrogens (tertiary/aromatic N) is 3. The molecule has 1 aliphatic heterocycles. The number of nitrogens with one attached hydrogen (secondary N) is 1. The van der Waals surface area contributed by atoms with E-state index in [2.05, 4.69) is 15.5 Å². The first-order valence-corrected chi connectivity index (χ1v) is 7.46. The van der Waals surface area contributed by atoms with Crippen LogP contribution in [0.2, 0.25) is 0 Å². The molecule has 1 aromatic carbocycles. The van der Waals surface area contributed by atoms with E-state index in [1.807, 2.05) is 31.2 Å². The van der Waals surface area contributed by atoms with Crippen LogP contribution in [0.4, 0.5) is 10.8 Å². The highest BCUT2D eigenvalue weighted by molar-refractivity contribution is 7.13. The number of para-hydroxylation sites is 1. The summed E-state index contributed by atoms with van der Waals surface area (Å²) in [5.74, 6) is -0.570. The topological polar surface area (TPSA) is 75.2 Å². The Morgan fingerprint density at radius 3 is 2.95 bits per heavy atom. The van der Waals surface area contributed by atoms with E-state index in [0.29, 0.717) is 11.7 Å². The fraction of sp³-hybridized carbons (Fsp3) is 0.286. The molecule has 2 heterocycles. The van der Waals surface area contributed by atoms with Gasteiger partial charge in [0, 0.05) is 18.7 Å². The Kier molecular flexibility index (Phi) is 3.66. The Labute approximate surface area is 125 Å². The Morgan fingerprint density at radius 2 is 2.24 bits per heavy atom. The van der Waals surface area contributed by atoms with E-state index in [1.165, 1.54) is 11.3 Å². The second-order valence-corrected chi connectivity index (χ2v) is 5.76. The number of hydrogen-bond donors (Lipinski definition) is 1. The average Bonchev–Trinajstić information content (AvgIpc) is 3.09. The maximum Gasteiger partial charge on any atom is 0.231 e.